The summed E-state index contributed by atoms with van der Waals surface area (Å²) >= 11 is 0. The second kappa shape index (κ2) is 11.0. The van der Waals surface area contributed by atoms with Crippen LogP contribution >= 0.6 is 0 Å². The largest absolute Gasteiger partial charge is 0.478 e. The first kappa shape index (κ1) is 25.6. The van der Waals surface area contributed by atoms with Crippen molar-refractivity contribution in [1.82, 2.24) is 9.80 Å². The SMILES string of the molecule is c1ccc2c3c(ccc2c1)OCN(C1CCC(CC2CCC(N4COc5ccc6ccccc6c5C4)CC2)CC1)C3. The van der Waals surface area contributed by atoms with Crippen LogP contribution in [0, 0.1) is 11.8 Å². The molecule has 0 saturated heterocycles. The van der Waals surface area contributed by atoms with E-state index in [2.05, 4.69) is 82.6 Å². The summed E-state index contributed by atoms with van der Waals surface area (Å²) < 4.78 is 12.5. The third-order valence-electron chi connectivity index (χ3n) is 10.8. The molecule has 41 heavy (non-hydrogen) atoms. The molecular formula is C37H42N2O2. The van der Waals surface area contributed by atoms with E-state index in [0.717, 1.165) is 49.9 Å². The van der Waals surface area contributed by atoms with Crippen molar-refractivity contribution in [2.45, 2.75) is 83.0 Å². The zero-order valence-corrected chi connectivity index (χ0v) is 24.1. The van der Waals surface area contributed by atoms with Gasteiger partial charge in [-0.05, 0) is 103 Å². The Morgan fingerprint density at radius 3 is 1.41 bits per heavy atom. The van der Waals surface area contributed by atoms with Crippen LogP contribution in [0.3, 0.4) is 0 Å². The van der Waals surface area contributed by atoms with Gasteiger partial charge in [-0.25, -0.2) is 0 Å². The van der Waals surface area contributed by atoms with Crippen LogP contribution < -0.4 is 9.47 Å². The van der Waals surface area contributed by atoms with Gasteiger partial charge in [-0.15, -0.1) is 0 Å². The molecular weight excluding hydrogens is 504 g/mol. The molecule has 0 N–H and O–H groups in total. The molecule has 0 aromatic heterocycles. The predicted octanol–water partition coefficient (Wildman–Crippen LogP) is 8.50. The molecule has 2 saturated carbocycles. The first-order valence-electron chi connectivity index (χ1n) is 16.0. The van der Waals surface area contributed by atoms with E-state index in [0.29, 0.717) is 12.1 Å². The van der Waals surface area contributed by atoms with Gasteiger partial charge < -0.3 is 9.47 Å². The maximum atomic E-state index is 6.26. The lowest BCUT2D eigenvalue weighted by Crippen LogP contribution is -2.43. The molecule has 2 aliphatic carbocycles. The highest BCUT2D eigenvalue weighted by Gasteiger charge is 2.33. The number of hydrogen-bond donors (Lipinski definition) is 0. The van der Waals surface area contributed by atoms with Gasteiger partial charge in [0.1, 0.15) is 25.0 Å². The van der Waals surface area contributed by atoms with Crippen molar-refractivity contribution < 1.29 is 9.47 Å². The van der Waals surface area contributed by atoms with Crippen LogP contribution in [-0.2, 0) is 13.1 Å². The third-order valence-corrected chi connectivity index (χ3v) is 10.8. The van der Waals surface area contributed by atoms with Crippen molar-refractivity contribution in [2.24, 2.45) is 11.8 Å². The van der Waals surface area contributed by atoms with E-state index >= 15 is 0 Å². The maximum absolute atomic E-state index is 6.26. The molecule has 0 spiro atoms. The molecule has 2 fully saturated rings. The number of hydrogen-bond acceptors (Lipinski definition) is 4. The molecule has 4 aliphatic rings. The van der Waals surface area contributed by atoms with Gasteiger partial charge in [0.15, 0.2) is 0 Å². The molecule has 4 aromatic carbocycles. The summed E-state index contributed by atoms with van der Waals surface area (Å²) in [7, 11) is 0. The predicted molar refractivity (Wildman–Crippen MR) is 166 cm³/mol. The topological polar surface area (TPSA) is 24.9 Å². The summed E-state index contributed by atoms with van der Waals surface area (Å²) in [6.07, 6.45) is 12.3. The van der Waals surface area contributed by atoms with Crippen molar-refractivity contribution >= 4 is 21.5 Å². The van der Waals surface area contributed by atoms with Gasteiger partial charge in [0.05, 0.1) is 0 Å². The lowest BCUT2D eigenvalue weighted by Gasteiger charge is -2.42. The van der Waals surface area contributed by atoms with Crippen LogP contribution in [0.4, 0.5) is 0 Å². The molecule has 2 aliphatic heterocycles. The zero-order valence-electron chi connectivity index (χ0n) is 24.1. The number of rotatable bonds is 4. The van der Waals surface area contributed by atoms with Crippen molar-refractivity contribution in [1.29, 1.82) is 0 Å². The molecule has 0 atom stereocenters. The fourth-order valence-electron chi connectivity index (χ4n) is 8.46. The molecule has 0 bridgehead atoms. The van der Waals surface area contributed by atoms with E-state index in [4.69, 9.17) is 9.47 Å². The minimum atomic E-state index is 0.659. The normalized spacial score (nSPS) is 27.1. The molecule has 0 amide bonds. The van der Waals surface area contributed by atoms with Crippen molar-refractivity contribution in [3.05, 3.63) is 83.9 Å². The maximum Gasteiger partial charge on any atom is 0.142 e. The highest BCUT2D eigenvalue weighted by atomic mass is 16.5. The van der Waals surface area contributed by atoms with E-state index in [-0.39, 0.29) is 0 Å². The van der Waals surface area contributed by atoms with Gasteiger partial charge in [0.25, 0.3) is 0 Å². The fourth-order valence-corrected chi connectivity index (χ4v) is 8.46. The molecule has 4 aromatic rings. The molecule has 4 nitrogen and oxygen atoms in total. The van der Waals surface area contributed by atoms with Crippen LogP contribution in [0.5, 0.6) is 11.5 Å². The first-order chi connectivity index (χ1) is 20.3. The van der Waals surface area contributed by atoms with Gasteiger partial charge >= 0.3 is 0 Å². The molecule has 0 radical (unpaired) electrons. The highest BCUT2D eigenvalue weighted by molar-refractivity contribution is 5.88. The zero-order chi connectivity index (χ0) is 27.2. The third kappa shape index (κ3) is 5.00. The second-order valence-corrected chi connectivity index (χ2v) is 13.2. The second-order valence-electron chi connectivity index (χ2n) is 13.2. The Balaban J connectivity index is 0.831. The number of benzene rings is 4. The van der Waals surface area contributed by atoms with Gasteiger partial charge in [-0.1, -0.05) is 60.7 Å². The van der Waals surface area contributed by atoms with Crippen LogP contribution in [0.1, 0.15) is 68.9 Å². The summed E-state index contributed by atoms with van der Waals surface area (Å²) in [6.45, 7) is 3.53. The van der Waals surface area contributed by atoms with Gasteiger partial charge in [0, 0.05) is 36.3 Å². The molecule has 8 rings (SSSR count). The standard InChI is InChI=1S/C37H42N2O2/c1-3-7-32-28(5-1)13-19-36-34(32)22-38(24-40-36)30-15-9-26(10-16-30)21-27-11-17-31(18-12-27)39-23-35-33-8-4-2-6-29(33)14-20-37(35)41-25-39/h1-8,13-14,19-20,26-27,30-31H,9-12,15-18,21-25H2. The van der Waals surface area contributed by atoms with Crippen LogP contribution in [-0.4, -0.2) is 35.3 Å². The number of fused-ring (bicyclic) bond motifs is 6. The Hall–Kier alpha value is -3.08. The van der Waals surface area contributed by atoms with Gasteiger partial charge in [0.2, 0.25) is 0 Å². The quantitative estimate of drug-likeness (QED) is 0.256. The van der Waals surface area contributed by atoms with Crippen molar-refractivity contribution in [3.63, 3.8) is 0 Å². The Labute approximate surface area is 244 Å². The number of nitrogens with zero attached hydrogens (tertiary/aromatic N) is 2. The van der Waals surface area contributed by atoms with Crippen LogP contribution in [0.2, 0.25) is 0 Å². The lowest BCUT2D eigenvalue weighted by atomic mass is 9.75. The Morgan fingerprint density at radius 2 is 0.951 bits per heavy atom. The average molecular weight is 547 g/mol. The minimum absolute atomic E-state index is 0.659. The minimum Gasteiger partial charge on any atom is -0.478 e. The van der Waals surface area contributed by atoms with Crippen molar-refractivity contribution in [2.75, 3.05) is 13.5 Å². The summed E-state index contributed by atoms with van der Waals surface area (Å²) in [6, 6.07) is 27.6. The number of ether oxygens (including phenoxy) is 2. The summed E-state index contributed by atoms with van der Waals surface area (Å²) in [4.78, 5) is 5.22. The van der Waals surface area contributed by atoms with E-state index in [1.165, 1.54) is 90.5 Å². The van der Waals surface area contributed by atoms with Crippen LogP contribution in [0.25, 0.3) is 21.5 Å². The summed E-state index contributed by atoms with van der Waals surface area (Å²) in [5.74, 6) is 3.97. The highest BCUT2D eigenvalue weighted by Crippen LogP contribution is 2.41. The smallest absolute Gasteiger partial charge is 0.142 e. The van der Waals surface area contributed by atoms with E-state index in [9.17, 15) is 0 Å². The Kier molecular flexibility index (Phi) is 6.85. The van der Waals surface area contributed by atoms with Crippen LogP contribution in [0.15, 0.2) is 72.8 Å². The summed E-state index contributed by atoms with van der Waals surface area (Å²) in [5, 5.41) is 5.35. The van der Waals surface area contributed by atoms with Crippen molar-refractivity contribution in [3.8, 4) is 11.5 Å². The Bertz CT molecular complexity index is 1420. The summed E-state index contributed by atoms with van der Waals surface area (Å²) in [5.41, 5.74) is 2.76. The lowest BCUT2D eigenvalue weighted by molar-refractivity contribution is 0.0241. The van der Waals surface area contributed by atoms with E-state index in [1.54, 1.807) is 0 Å². The molecule has 0 unspecified atom stereocenters. The first-order valence-corrected chi connectivity index (χ1v) is 16.0. The van der Waals surface area contributed by atoms with E-state index in [1.807, 2.05) is 0 Å². The Morgan fingerprint density at radius 1 is 0.512 bits per heavy atom. The van der Waals surface area contributed by atoms with Gasteiger partial charge in [-0.2, -0.15) is 0 Å². The fraction of sp³-hybridized carbons (Fsp3) is 0.459. The monoisotopic (exact) mass is 546 g/mol. The molecule has 2 heterocycles. The van der Waals surface area contributed by atoms with E-state index < -0.39 is 0 Å². The average Bonchev–Trinajstić information content (AvgIpc) is 3.05. The van der Waals surface area contributed by atoms with Gasteiger partial charge in [-0.3, -0.25) is 9.80 Å². The molecule has 4 heteroatoms. The molecule has 212 valence electrons.